The Morgan fingerprint density at radius 3 is 2.36 bits per heavy atom. The third-order valence-electron chi connectivity index (χ3n) is 3.88. The Labute approximate surface area is 153 Å². The van der Waals surface area contributed by atoms with E-state index in [0.717, 1.165) is 11.1 Å². The second kappa shape index (κ2) is 8.62. The molecule has 2 N–H and O–H groups in total. The highest BCUT2D eigenvalue weighted by molar-refractivity contribution is 7.12. The van der Waals surface area contributed by atoms with Gasteiger partial charge in [-0.1, -0.05) is 30.3 Å². The summed E-state index contributed by atoms with van der Waals surface area (Å²) in [6, 6.07) is 11.0. The number of benzene rings is 1. The van der Waals surface area contributed by atoms with Gasteiger partial charge in [0.05, 0.1) is 6.04 Å². The Bertz CT molecular complexity index is 765. The summed E-state index contributed by atoms with van der Waals surface area (Å²) in [7, 11) is 0. The maximum Gasteiger partial charge on any atom is 0.244 e. The highest BCUT2D eigenvalue weighted by Crippen LogP contribution is 2.26. The summed E-state index contributed by atoms with van der Waals surface area (Å²) >= 11 is 1.72. The molecule has 4 nitrogen and oxygen atoms in total. The van der Waals surface area contributed by atoms with Gasteiger partial charge in [-0.25, -0.2) is 0 Å². The standard InChI is InChI=1S/C20H24N2O2S/c1-13-12-18(16(4)25-13)14(2)22-20(24)15(3)21-19(23)11-10-17-8-6-5-7-9-17/h5-12,14-15H,1-4H3,(H,21,23)(H,22,24). The van der Waals surface area contributed by atoms with Gasteiger partial charge in [-0.3, -0.25) is 9.59 Å². The molecule has 1 heterocycles. The zero-order valence-corrected chi connectivity index (χ0v) is 15.8. The van der Waals surface area contributed by atoms with Crippen LogP contribution in [0.15, 0.2) is 42.5 Å². The number of hydrogen-bond acceptors (Lipinski definition) is 3. The van der Waals surface area contributed by atoms with Crippen LogP contribution in [-0.4, -0.2) is 17.9 Å². The van der Waals surface area contributed by atoms with Crippen LogP contribution in [0.1, 0.15) is 40.8 Å². The third-order valence-corrected chi connectivity index (χ3v) is 4.87. The van der Waals surface area contributed by atoms with Gasteiger partial charge < -0.3 is 10.6 Å². The molecule has 2 amide bonds. The maximum atomic E-state index is 12.3. The molecule has 1 aromatic carbocycles. The van der Waals surface area contributed by atoms with Crippen molar-refractivity contribution in [2.24, 2.45) is 0 Å². The molecule has 0 spiro atoms. The van der Waals surface area contributed by atoms with Crippen LogP contribution in [0.4, 0.5) is 0 Å². The summed E-state index contributed by atoms with van der Waals surface area (Å²) < 4.78 is 0. The van der Waals surface area contributed by atoms with Crippen molar-refractivity contribution in [1.82, 2.24) is 10.6 Å². The molecule has 25 heavy (non-hydrogen) atoms. The summed E-state index contributed by atoms with van der Waals surface area (Å²) in [6.45, 7) is 7.74. The number of thiophene rings is 1. The van der Waals surface area contributed by atoms with Crippen molar-refractivity contribution in [1.29, 1.82) is 0 Å². The zero-order chi connectivity index (χ0) is 18.4. The van der Waals surface area contributed by atoms with E-state index in [1.165, 1.54) is 15.8 Å². The van der Waals surface area contributed by atoms with E-state index in [1.807, 2.05) is 37.3 Å². The lowest BCUT2D eigenvalue weighted by Gasteiger charge is -2.18. The summed E-state index contributed by atoms with van der Waals surface area (Å²) in [5.74, 6) is -0.487. The molecule has 2 aromatic rings. The quantitative estimate of drug-likeness (QED) is 0.774. The fraction of sp³-hybridized carbons (Fsp3) is 0.300. The van der Waals surface area contributed by atoms with Crippen LogP contribution >= 0.6 is 11.3 Å². The van der Waals surface area contributed by atoms with E-state index >= 15 is 0 Å². The monoisotopic (exact) mass is 356 g/mol. The minimum atomic E-state index is -0.601. The maximum absolute atomic E-state index is 12.3. The Hall–Kier alpha value is -2.40. The van der Waals surface area contributed by atoms with Crippen LogP contribution in [0.5, 0.6) is 0 Å². The van der Waals surface area contributed by atoms with Crippen molar-refractivity contribution in [3.8, 4) is 0 Å². The molecule has 5 heteroatoms. The Kier molecular flexibility index (Phi) is 6.53. The largest absolute Gasteiger partial charge is 0.348 e. The molecule has 1 aromatic heterocycles. The van der Waals surface area contributed by atoms with Gasteiger partial charge in [-0.2, -0.15) is 0 Å². The van der Waals surface area contributed by atoms with Crippen LogP contribution in [0.25, 0.3) is 6.08 Å². The van der Waals surface area contributed by atoms with E-state index in [1.54, 1.807) is 24.3 Å². The number of amides is 2. The number of rotatable bonds is 6. The molecular formula is C20H24N2O2S. The Morgan fingerprint density at radius 1 is 1.08 bits per heavy atom. The Morgan fingerprint density at radius 2 is 1.76 bits per heavy atom. The first kappa shape index (κ1) is 18.9. The first-order chi connectivity index (χ1) is 11.9. The Balaban J connectivity index is 1.88. The van der Waals surface area contributed by atoms with Gasteiger partial charge in [0.1, 0.15) is 6.04 Å². The summed E-state index contributed by atoms with van der Waals surface area (Å²) in [4.78, 5) is 26.7. The van der Waals surface area contributed by atoms with E-state index in [2.05, 4.69) is 30.5 Å². The number of carbonyl (C=O) groups is 2. The average Bonchev–Trinajstić information content (AvgIpc) is 2.92. The van der Waals surface area contributed by atoms with Crippen LogP contribution in [0.2, 0.25) is 0 Å². The van der Waals surface area contributed by atoms with Crippen molar-refractivity contribution in [3.63, 3.8) is 0 Å². The van der Waals surface area contributed by atoms with E-state index in [9.17, 15) is 9.59 Å². The van der Waals surface area contributed by atoms with Gasteiger partial charge in [0.25, 0.3) is 0 Å². The highest BCUT2D eigenvalue weighted by Gasteiger charge is 2.19. The van der Waals surface area contributed by atoms with Crippen molar-refractivity contribution in [2.75, 3.05) is 0 Å². The van der Waals surface area contributed by atoms with Gasteiger partial charge in [-0.15, -0.1) is 11.3 Å². The fourth-order valence-corrected chi connectivity index (χ4v) is 3.58. The second-order valence-corrected chi connectivity index (χ2v) is 7.53. The fourth-order valence-electron chi connectivity index (χ4n) is 2.56. The molecule has 0 aliphatic carbocycles. The molecule has 0 fully saturated rings. The average molecular weight is 356 g/mol. The van der Waals surface area contributed by atoms with Crippen molar-refractivity contribution >= 4 is 29.2 Å². The lowest BCUT2D eigenvalue weighted by atomic mass is 10.1. The molecule has 2 rings (SSSR count). The molecule has 0 saturated heterocycles. The smallest absolute Gasteiger partial charge is 0.244 e. The molecule has 2 unspecified atom stereocenters. The molecule has 0 radical (unpaired) electrons. The second-order valence-electron chi connectivity index (χ2n) is 6.07. The lowest BCUT2D eigenvalue weighted by molar-refractivity contribution is -0.127. The van der Waals surface area contributed by atoms with Crippen molar-refractivity contribution in [3.05, 3.63) is 63.4 Å². The van der Waals surface area contributed by atoms with Crippen molar-refractivity contribution < 1.29 is 9.59 Å². The van der Waals surface area contributed by atoms with Gasteiger partial charge in [0.2, 0.25) is 11.8 Å². The van der Waals surface area contributed by atoms with Crippen LogP contribution in [0, 0.1) is 13.8 Å². The number of nitrogens with one attached hydrogen (secondary N) is 2. The number of hydrogen-bond donors (Lipinski definition) is 2. The van der Waals surface area contributed by atoms with Gasteiger partial charge in [0, 0.05) is 15.8 Å². The molecular weight excluding hydrogens is 332 g/mol. The van der Waals surface area contributed by atoms with Gasteiger partial charge in [0.15, 0.2) is 0 Å². The normalized spacial score (nSPS) is 13.4. The predicted molar refractivity (Wildman–Crippen MR) is 103 cm³/mol. The molecule has 2 atom stereocenters. The number of aryl methyl sites for hydroxylation is 2. The topological polar surface area (TPSA) is 58.2 Å². The van der Waals surface area contributed by atoms with Gasteiger partial charge in [-0.05, 0) is 51.0 Å². The molecule has 132 valence electrons. The molecule has 0 bridgehead atoms. The highest BCUT2D eigenvalue weighted by atomic mass is 32.1. The van der Waals surface area contributed by atoms with Crippen LogP contribution < -0.4 is 10.6 Å². The summed E-state index contributed by atoms with van der Waals surface area (Å²) in [5, 5.41) is 5.65. The third kappa shape index (κ3) is 5.57. The molecule has 0 saturated carbocycles. The molecule has 0 aliphatic rings. The lowest BCUT2D eigenvalue weighted by Crippen LogP contribution is -2.45. The predicted octanol–water partition coefficient (Wildman–Crippen LogP) is 3.76. The molecule has 0 aliphatic heterocycles. The number of carbonyl (C=O) groups excluding carboxylic acids is 2. The zero-order valence-electron chi connectivity index (χ0n) is 15.0. The van der Waals surface area contributed by atoms with E-state index in [4.69, 9.17) is 0 Å². The van der Waals surface area contributed by atoms with E-state index in [0.29, 0.717) is 0 Å². The van der Waals surface area contributed by atoms with Gasteiger partial charge >= 0.3 is 0 Å². The summed E-state index contributed by atoms with van der Waals surface area (Å²) in [5.41, 5.74) is 2.06. The minimum absolute atomic E-state index is 0.0864. The van der Waals surface area contributed by atoms with Crippen molar-refractivity contribution in [2.45, 2.75) is 39.8 Å². The first-order valence-corrected chi connectivity index (χ1v) is 9.09. The first-order valence-electron chi connectivity index (χ1n) is 8.27. The minimum Gasteiger partial charge on any atom is -0.348 e. The van der Waals surface area contributed by atoms with E-state index < -0.39 is 6.04 Å². The van der Waals surface area contributed by atoms with Crippen LogP contribution in [-0.2, 0) is 9.59 Å². The van der Waals surface area contributed by atoms with E-state index in [-0.39, 0.29) is 17.9 Å². The van der Waals surface area contributed by atoms with Crippen LogP contribution in [0.3, 0.4) is 0 Å². The SMILES string of the molecule is Cc1cc(C(C)NC(=O)C(C)NC(=O)C=Cc2ccccc2)c(C)s1. The summed E-state index contributed by atoms with van der Waals surface area (Å²) in [6.07, 6.45) is 3.16.